The number of benzene rings is 2. The standard InChI is InChI=1S/C27H27N5O6/c1-15-4-6-16(7-5-15)23-22-21(18(14-28)25(29)38-26(22)31-30-23)17-12-19(34-2)24(20(13-17)35-3)37-27(33)32-8-10-36-11-9-32/h4-7,12-13,21H,8-11,29H2,1-3H3,(H,30,31). The molecule has 5 rings (SSSR count). The normalized spacial score (nSPS) is 16.8. The SMILES string of the molecule is COc1cc(C2C(C#N)=C(N)Oc3n[nH]c(-c4ccc(C)cc4)c32)cc(OC)c1OC(=O)N1CCOCC1. The van der Waals surface area contributed by atoms with E-state index in [2.05, 4.69) is 16.3 Å². The van der Waals surface area contributed by atoms with Crippen LogP contribution >= 0.6 is 0 Å². The van der Waals surface area contributed by atoms with E-state index in [1.807, 2.05) is 31.2 Å². The number of hydrogen-bond acceptors (Lipinski definition) is 9. The van der Waals surface area contributed by atoms with Crippen LogP contribution < -0.4 is 24.7 Å². The van der Waals surface area contributed by atoms with Gasteiger partial charge in [-0.2, -0.15) is 5.26 Å². The van der Waals surface area contributed by atoms with Crippen LogP contribution in [-0.4, -0.2) is 61.7 Å². The van der Waals surface area contributed by atoms with E-state index in [0.717, 1.165) is 11.1 Å². The number of nitrogens with two attached hydrogens (primary N) is 1. The number of aromatic amines is 1. The van der Waals surface area contributed by atoms with Crippen molar-refractivity contribution in [2.24, 2.45) is 5.73 Å². The lowest BCUT2D eigenvalue weighted by Gasteiger charge is -2.27. The maximum absolute atomic E-state index is 12.8. The Morgan fingerprint density at radius 3 is 2.42 bits per heavy atom. The van der Waals surface area contributed by atoms with Crippen LogP contribution in [0.4, 0.5) is 4.79 Å². The lowest BCUT2D eigenvalue weighted by Crippen LogP contribution is -2.42. The maximum Gasteiger partial charge on any atom is 0.415 e. The van der Waals surface area contributed by atoms with E-state index in [-0.39, 0.29) is 34.6 Å². The van der Waals surface area contributed by atoms with Gasteiger partial charge in [0, 0.05) is 18.7 Å². The highest BCUT2D eigenvalue weighted by atomic mass is 16.6. The van der Waals surface area contributed by atoms with Crippen molar-refractivity contribution < 1.29 is 28.5 Å². The van der Waals surface area contributed by atoms with Gasteiger partial charge in [-0.15, -0.1) is 5.10 Å². The molecule has 38 heavy (non-hydrogen) atoms. The lowest BCUT2D eigenvalue weighted by molar-refractivity contribution is 0.0411. The number of H-pyrrole nitrogens is 1. The molecule has 1 aromatic heterocycles. The molecule has 0 spiro atoms. The van der Waals surface area contributed by atoms with E-state index in [1.54, 1.807) is 17.0 Å². The number of fused-ring (bicyclic) bond motifs is 1. The predicted octanol–water partition coefficient (Wildman–Crippen LogP) is 3.45. The number of carbonyl (C=O) groups is 1. The number of allylic oxidation sites excluding steroid dienone is 1. The zero-order valence-corrected chi connectivity index (χ0v) is 21.2. The van der Waals surface area contributed by atoms with Gasteiger partial charge in [-0.05, 0) is 24.6 Å². The molecule has 0 radical (unpaired) electrons. The molecule has 0 bridgehead atoms. The second-order valence-corrected chi connectivity index (χ2v) is 8.83. The van der Waals surface area contributed by atoms with Gasteiger partial charge in [-0.25, -0.2) is 4.79 Å². The topological polar surface area (TPSA) is 145 Å². The van der Waals surface area contributed by atoms with Crippen LogP contribution in [0.25, 0.3) is 11.3 Å². The van der Waals surface area contributed by atoms with Gasteiger partial charge < -0.3 is 34.3 Å². The van der Waals surface area contributed by atoms with E-state index in [1.165, 1.54) is 14.2 Å². The Bertz CT molecular complexity index is 1410. The van der Waals surface area contributed by atoms with Crippen molar-refractivity contribution in [3.8, 4) is 40.5 Å². The maximum atomic E-state index is 12.8. The summed E-state index contributed by atoms with van der Waals surface area (Å²) in [6, 6.07) is 13.5. The Hall–Kier alpha value is -4.69. The molecule has 196 valence electrons. The summed E-state index contributed by atoms with van der Waals surface area (Å²) in [5, 5.41) is 17.4. The number of rotatable bonds is 5. The second kappa shape index (κ2) is 10.4. The summed E-state index contributed by atoms with van der Waals surface area (Å²) < 4.78 is 28.0. The number of morpholine rings is 1. The molecule has 1 amide bonds. The number of nitriles is 1. The monoisotopic (exact) mass is 517 g/mol. The number of amides is 1. The Kier molecular flexibility index (Phi) is 6.81. The summed E-state index contributed by atoms with van der Waals surface area (Å²) in [4.78, 5) is 14.4. The number of aromatic nitrogens is 2. The summed E-state index contributed by atoms with van der Waals surface area (Å²) in [5.74, 6) is 0.195. The number of methoxy groups -OCH3 is 2. The first-order valence-electron chi connectivity index (χ1n) is 12.0. The van der Waals surface area contributed by atoms with Gasteiger partial charge >= 0.3 is 6.09 Å². The van der Waals surface area contributed by atoms with Gasteiger partial charge in [0.2, 0.25) is 17.5 Å². The van der Waals surface area contributed by atoms with Crippen molar-refractivity contribution in [1.82, 2.24) is 15.1 Å². The van der Waals surface area contributed by atoms with Crippen LogP contribution in [0.2, 0.25) is 0 Å². The van der Waals surface area contributed by atoms with Crippen LogP contribution in [0, 0.1) is 18.3 Å². The number of ether oxygens (including phenoxy) is 5. The molecule has 0 saturated carbocycles. The smallest absolute Gasteiger partial charge is 0.415 e. The molecule has 2 aliphatic rings. The minimum absolute atomic E-state index is 0.0484. The molecule has 1 unspecified atom stereocenters. The Labute approximate surface area is 219 Å². The minimum Gasteiger partial charge on any atom is -0.493 e. The molecular formula is C27H27N5O6. The molecule has 3 aromatic rings. The molecule has 11 heteroatoms. The number of nitrogens with one attached hydrogen (secondary N) is 1. The van der Waals surface area contributed by atoms with Crippen LogP contribution in [0.1, 0.15) is 22.6 Å². The van der Waals surface area contributed by atoms with E-state index in [9.17, 15) is 10.1 Å². The van der Waals surface area contributed by atoms with E-state index in [4.69, 9.17) is 29.4 Å². The minimum atomic E-state index is -0.661. The number of nitrogens with zero attached hydrogens (tertiary/aromatic N) is 3. The van der Waals surface area contributed by atoms with Crippen molar-refractivity contribution in [1.29, 1.82) is 5.26 Å². The first-order chi connectivity index (χ1) is 18.4. The fourth-order valence-corrected chi connectivity index (χ4v) is 4.58. The average molecular weight is 518 g/mol. The molecule has 1 atom stereocenters. The van der Waals surface area contributed by atoms with Crippen molar-refractivity contribution in [3.63, 3.8) is 0 Å². The molecular weight excluding hydrogens is 490 g/mol. The first-order valence-corrected chi connectivity index (χ1v) is 12.0. The number of hydrogen-bond donors (Lipinski definition) is 2. The molecule has 11 nitrogen and oxygen atoms in total. The van der Waals surface area contributed by atoms with Gasteiger partial charge in [0.1, 0.15) is 11.6 Å². The van der Waals surface area contributed by atoms with Gasteiger partial charge in [0.15, 0.2) is 11.5 Å². The summed E-state index contributed by atoms with van der Waals surface area (Å²) in [6.45, 7) is 3.72. The predicted molar refractivity (Wildman–Crippen MR) is 136 cm³/mol. The van der Waals surface area contributed by atoms with Gasteiger partial charge in [-0.1, -0.05) is 29.8 Å². The van der Waals surface area contributed by atoms with Gasteiger partial charge in [0.05, 0.1) is 44.6 Å². The molecule has 2 aliphatic heterocycles. The third kappa shape index (κ3) is 4.46. The Balaban J connectivity index is 1.61. The van der Waals surface area contributed by atoms with Crippen LogP contribution in [-0.2, 0) is 4.74 Å². The molecule has 3 heterocycles. The number of aryl methyl sites for hydroxylation is 1. The van der Waals surface area contributed by atoms with E-state index < -0.39 is 12.0 Å². The Morgan fingerprint density at radius 1 is 1.16 bits per heavy atom. The Morgan fingerprint density at radius 2 is 1.82 bits per heavy atom. The average Bonchev–Trinajstić information content (AvgIpc) is 3.36. The third-order valence-electron chi connectivity index (χ3n) is 6.55. The summed E-state index contributed by atoms with van der Waals surface area (Å²) in [7, 11) is 2.93. The van der Waals surface area contributed by atoms with Gasteiger partial charge in [0.25, 0.3) is 0 Å². The fourth-order valence-electron chi connectivity index (χ4n) is 4.58. The zero-order chi connectivity index (χ0) is 26.8. The largest absolute Gasteiger partial charge is 0.493 e. The highest BCUT2D eigenvalue weighted by Gasteiger charge is 2.37. The lowest BCUT2D eigenvalue weighted by atomic mass is 9.82. The van der Waals surface area contributed by atoms with Gasteiger partial charge in [-0.3, -0.25) is 5.10 Å². The zero-order valence-electron chi connectivity index (χ0n) is 21.2. The van der Waals surface area contributed by atoms with Crippen molar-refractivity contribution in [2.75, 3.05) is 40.5 Å². The molecule has 1 saturated heterocycles. The van der Waals surface area contributed by atoms with Crippen LogP contribution in [0.3, 0.4) is 0 Å². The summed E-state index contributed by atoms with van der Waals surface area (Å²) >= 11 is 0. The fraction of sp³-hybridized carbons (Fsp3) is 0.296. The molecule has 2 aromatic carbocycles. The van der Waals surface area contributed by atoms with Crippen molar-refractivity contribution >= 4 is 6.09 Å². The highest BCUT2D eigenvalue weighted by molar-refractivity contribution is 5.75. The summed E-state index contributed by atoms with van der Waals surface area (Å²) in [5.41, 5.74) is 10.3. The second-order valence-electron chi connectivity index (χ2n) is 8.83. The molecule has 3 N–H and O–H groups in total. The highest BCUT2D eigenvalue weighted by Crippen LogP contribution is 2.49. The van der Waals surface area contributed by atoms with Crippen LogP contribution in [0.5, 0.6) is 23.1 Å². The first kappa shape index (κ1) is 25.0. The third-order valence-corrected chi connectivity index (χ3v) is 6.55. The van der Waals surface area contributed by atoms with Crippen molar-refractivity contribution in [2.45, 2.75) is 12.8 Å². The van der Waals surface area contributed by atoms with Crippen LogP contribution in [0.15, 0.2) is 47.9 Å². The quantitative estimate of drug-likeness (QED) is 0.520. The number of carbonyl (C=O) groups excluding carboxylic acids is 1. The summed E-state index contributed by atoms with van der Waals surface area (Å²) in [6.07, 6.45) is -0.538. The molecule has 1 fully saturated rings. The van der Waals surface area contributed by atoms with Crippen molar-refractivity contribution in [3.05, 3.63) is 64.5 Å². The van der Waals surface area contributed by atoms with E-state index >= 15 is 0 Å². The molecule has 0 aliphatic carbocycles. The van der Waals surface area contributed by atoms with E-state index in [0.29, 0.717) is 43.1 Å².